The van der Waals surface area contributed by atoms with Crippen molar-refractivity contribution in [3.05, 3.63) is 0 Å². The number of hydrogen-bond acceptors (Lipinski definition) is 3. The molecule has 88 valence electrons. The minimum Gasteiger partial charge on any atom is -0.378 e. The van der Waals surface area contributed by atoms with Crippen molar-refractivity contribution in [3.8, 4) is 0 Å². The summed E-state index contributed by atoms with van der Waals surface area (Å²) in [5.41, 5.74) is 0. The molecule has 2 aliphatic heterocycles. The first kappa shape index (κ1) is 11.4. The molecule has 1 unspecified atom stereocenters. The van der Waals surface area contributed by atoms with Crippen LogP contribution < -0.4 is 10.6 Å². The van der Waals surface area contributed by atoms with Gasteiger partial charge < -0.3 is 15.4 Å². The largest absolute Gasteiger partial charge is 0.378 e. The van der Waals surface area contributed by atoms with Crippen LogP contribution in [0.15, 0.2) is 0 Å². The molecule has 0 aromatic carbocycles. The van der Waals surface area contributed by atoms with Crippen LogP contribution in [-0.4, -0.2) is 38.9 Å². The van der Waals surface area contributed by atoms with E-state index in [1.165, 1.54) is 38.9 Å². The van der Waals surface area contributed by atoms with Gasteiger partial charge in [0.15, 0.2) is 0 Å². The van der Waals surface area contributed by atoms with Gasteiger partial charge in [0.1, 0.15) is 0 Å². The van der Waals surface area contributed by atoms with Crippen LogP contribution in [0, 0.1) is 11.8 Å². The summed E-state index contributed by atoms with van der Waals surface area (Å²) in [6.07, 6.45) is 4.25. The van der Waals surface area contributed by atoms with Crippen LogP contribution in [-0.2, 0) is 4.74 Å². The van der Waals surface area contributed by atoms with E-state index in [0.717, 1.165) is 25.0 Å². The molecule has 3 heteroatoms. The van der Waals surface area contributed by atoms with E-state index >= 15 is 0 Å². The lowest BCUT2D eigenvalue weighted by Gasteiger charge is -2.16. The maximum Gasteiger partial charge on any atom is 0.0588 e. The molecule has 3 nitrogen and oxygen atoms in total. The molecule has 0 amide bonds. The lowest BCUT2D eigenvalue weighted by Crippen LogP contribution is -2.29. The maximum absolute atomic E-state index is 5.59. The average Bonchev–Trinajstić information content (AvgIpc) is 2.85. The highest BCUT2D eigenvalue weighted by Gasteiger charge is 2.22. The summed E-state index contributed by atoms with van der Waals surface area (Å²) in [5.74, 6) is 1.66. The molecular formula is C12H24N2O. The van der Waals surface area contributed by atoms with Gasteiger partial charge >= 0.3 is 0 Å². The third kappa shape index (κ3) is 3.44. The highest BCUT2D eigenvalue weighted by molar-refractivity contribution is 4.79. The third-order valence-electron chi connectivity index (χ3n) is 3.75. The molecular weight excluding hydrogens is 188 g/mol. The standard InChI is InChI=1S/C12H24N2O/c1-10-7-14-9-11(10)8-13-5-4-12-3-2-6-15-12/h10-14H,2-9H2,1H3/t10-,11-,12?/m1/s1. The summed E-state index contributed by atoms with van der Waals surface area (Å²) in [7, 11) is 0. The Labute approximate surface area is 93.0 Å². The highest BCUT2D eigenvalue weighted by atomic mass is 16.5. The Balaban J connectivity index is 1.51. The third-order valence-corrected chi connectivity index (χ3v) is 3.75. The minimum atomic E-state index is 0.539. The molecule has 0 saturated carbocycles. The molecule has 0 spiro atoms. The van der Waals surface area contributed by atoms with E-state index < -0.39 is 0 Å². The molecule has 2 fully saturated rings. The molecule has 0 bridgehead atoms. The van der Waals surface area contributed by atoms with Crippen molar-refractivity contribution in [3.63, 3.8) is 0 Å². The molecule has 2 rings (SSSR count). The molecule has 2 saturated heterocycles. The second-order valence-electron chi connectivity index (χ2n) is 5.02. The Kier molecular flexibility index (Phi) is 4.42. The first-order valence-electron chi connectivity index (χ1n) is 6.39. The van der Waals surface area contributed by atoms with Crippen molar-refractivity contribution in [2.75, 3.05) is 32.8 Å². The van der Waals surface area contributed by atoms with Gasteiger partial charge in [-0.15, -0.1) is 0 Å². The molecule has 0 aromatic heterocycles. The normalized spacial score (nSPS) is 36.2. The van der Waals surface area contributed by atoms with Gasteiger partial charge in [-0.25, -0.2) is 0 Å². The fourth-order valence-electron chi connectivity index (χ4n) is 2.56. The van der Waals surface area contributed by atoms with Crippen molar-refractivity contribution in [1.29, 1.82) is 0 Å². The van der Waals surface area contributed by atoms with Crippen molar-refractivity contribution < 1.29 is 4.74 Å². The van der Waals surface area contributed by atoms with Gasteiger partial charge in [-0.2, -0.15) is 0 Å². The van der Waals surface area contributed by atoms with Crippen LogP contribution in [0.25, 0.3) is 0 Å². The molecule has 2 N–H and O–H groups in total. The molecule has 3 atom stereocenters. The quantitative estimate of drug-likeness (QED) is 0.667. The molecule has 0 aliphatic carbocycles. The Morgan fingerprint density at radius 1 is 1.40 bits per heavy atom. The first-order chi connectivity index (χ1) is 7.36. The lowest BCUT2D eigenvalue weighted by atomic mass is 9.98. The SMILES string of the molecule is C[C@@H]1CNC[C@H]1CNCCC1CCCO1. The molecule has 0 radical (unpaired) electrons. The van der Waals surface area contributed by atoms with Crippen LogP contribution in [0.5, 0.6) is 0 Å². The Hall–Kier alpha value is -0.120. The number of ether oxygens (including phenoxy) is 1. The zero-order valence-corrected chi connectivity index (χ0v) is 9.80. The highest BCUT2D eigenvalue weighted by Crippen LogP contribution is 2.16. The zero-order valence-electron chi connectivity index (χ0n) is 9.80. The summed E-state index contributed by atoms with van der Waals surface area (Å²) in [5, 5.41) is 7.00. The van der Waals surface area contributed by atoms with Gasteiger partial charge in [0.25, 0.3) is 0 Å². The smallest absolute Gasteiger partial charge is 0.0588 e. The fraction of sp³-hybridized carbons (Fsp3) is 1.00. The second-order valence-corrected chi connectivity index (χ2v) is 5.02. The van der Waals surface area contributed by atoms with Crippen molar-refractivity contribution in [1.82, 2.24) is 10.6 Å². The van der Waals surface area contributed by atoms with Gasteiger partial charge in [-0.1, -0.05) is 6.92 Å². The zero-order chi connectivity index (χ0) is 10.5. The van der Waals surface area contributed by atoms with E-state index in [4.69, 9.17) is 4.74 Å². The molecule has 0 aromatic rings. The molecule has 2 aliphatic rings. The van der Waals surface area contributed by atoms with E-state index in [-0.39, 0.29) is 0 Å². The molecule has 2 heterocycles. The van der Waals surface area contributed by atoms with Gasteiger partial charge in [-0.05, 0) is 57.3 Å². The van der Waals surface area contributed by atoms with Crippen LogP contribution in [0.4, 0.5) is 0 Å². The van der Waals surface area contributed by atoms with Crippen LogP contribution in [0.3, 0.4) is 0 Å². The number of hydrogen-bond donors (Lipinski definition) is 2. The predicted molar refractivity (Wildman–Crippen MR) is 62.0 cm³/mol. The minimum absolute atomic E-state index is 0.539. The predicted octanol–water partition coefficient (Wildman–Crippen LogP) is 1.00. The van der Waals surface area contributed by atoms with E-state index in [0.29, 0.717) is 6.10 Å². The number of rotatable bonds is 5. The summed E-state index contributed by atoms with van der Waals surface area (Å²) >= 11 is 0. The average molecular weight is 212 g/mol. The molecule has 15 heavy (non-hydrogen) atoms. The van der Waals surface area contributed by atoms with E-state index in [1.807, 2.05) is 0 Å². The van der Waals surface area contributed by atoms with Gasteiger partial charge in [-0.3, -0.25) is 0 Å². The van der Waals surface area contributed by atoms with Gasteiger partial charge in [0.2, 0.25) is 0 Å². The van der Waals surface area contributed by atoms with E-state index in [1.54, 1.807) is 0 Å². The fourth-order valence-corrected chi connectivity index (χ4v) is 2.56. The van der Waals surface area contributed by atoms with Gasteiger partial charge in [0, 0.05) is 6.61 Å². The monoisotopic (exact) mass is 212 g/mol. The van der Waals surface area contributed by atoms with Crippen LogP contribution in [0.1, 0.15) is 26.2 Å². The van der Waals surface area contributed by atoms with Crippen LogP contribution >= 0.6 is 0 Å². The van der Waals surface area contributed by atoms with E-state index in [9.17, 15) is 0 Å². The van der Waals surface area contributed by atoms with Crippen LogP contribution in [0.2, 0.25) is 0 Å². The lowest BCUT2D eigenvalue weighted by molar-refractivity contribution is 0.104. The second kappa shape index (κ2) is 5.83. The van der Waals surface area contributed by atoms with E-state index in [2.05, 4.69) is 17.6 Å². The Morgan fingerprint density at radius 3 is 3.00 bits per heavy atom. The van der Waals surface area contributed by atoms with Crippen molar-refractivity contribution in [2.45, 2.75) is 32.3 Å². The first-order valence-corrected chi connectivity index (χ1v) is 6.39. The summed E-state index contributed by atoms with van der Waals surface area (Å²) in [6.45, 7) is 7.99. The summed E-state index contributed by atoms with van der Waals surface area (Å²) in [6, 6.07) is 0. The van der Waals surface area contributed by atoms with Crippen molar-refractivity contribution >= 4 is 0 Å². The van der Waals surface area contributed by atoms with Crippen molar-refractivity contribution in [2.24, 2.45) is 11.8 Å². The maximum atomic E-state index is 5.59. The summed E-state index contributed by atoms with van der Waals surface area (Å²) in [4.78, 5) is 0. The topological polar surface area (TPSA) is 33.3 Å². The summed E-state index contributed by atoms with van der Waals surface area (Å²) < 4.78 is 5.59. The van der Waals surface area contributed by atoms with Gasteiger partial charge in [0.05, 0.1) is 6.10 Å². The number of nitrogens with one attached hydrogen (secondary N) is 2. The Morgan fingerprint density at radius 2 is 2.33 bits per heavy atom. The Bertz CT molecular complexity index is 180.